The SMILES string of the molecule is CC(N)CCNC(=O)/C=C/c1ccc(Cl)cc1. The fraction of sp³-hybridized carbons (Fsp3) is 0.308. The average molecular weight is 253 g/mol. The van der Waals surface area contributed by atoms with Crippen LogP contribution in [0.1, 0.15) is 18.9 Å². The standard InChI is InChI=1S/C13H17ClN2O/c1-10(15)8-9-16-13(17)7-4-11-2-5-12(14)6-3-11/h2-7,10H,8-9,15H2,1H3,(H,16,17)/b7-4+. The van der Waals surface area contributed by atoms with Gasteiger partial charge in [-0.05, 0) is 37.1 Å². The molecule has 0 saturated heterocycles. The van der Waals surface area contributed by atoms with E-state index in [4.69, 9.17) is 17.3 Å². The maximum atomic E-state index is 11.4. The maximum Gasteiger partial charge on any atom is 0.243 e. The minimum Gasteiger partial charge on any atom is -0.352 e. The predicted molar refractivity (Wildman–Crippen MR) is 71.8 cm³/mol. The van der Waals surface area contributed by atoms with Crippen LogP contribution in [-0.2, 0) is 4.79 Å². The first-order chi connectivity index (χ1) is 8.08. The van der Waals surface area contributed by atoms with Crippen molar-refractivity contribution in [2.45, 2.75) is 19.4 Å². The topological polar surface area (TPSA) is 55.1 Å². The third-order valence-corrected chi connectivity index (χ3v) is 2.45. The lowest BCUT2D eigenvalue weighted by Crippen LogP contribution is -2.27. The summed E-state index contributed by atoms with van der Waals surface area (Å²) >= 11 is 5.76. The third-order valence-electron chi connectivity index (χ3n) is 2.20. The summed E-state index contributed by atoms with van der Waals surface area (Å²) in [5.41, 5.74) is 6.52. The molecule has 0 aliphatic heterocycles. The first-order valence-electron chi connectivity index (χ1n) is 5.55. The first kappa shape index (κ1) is 13.7. The van der Waals surface area contributed by atoms with Gasteiger partial charge in [0, 0.05) is 23.7 Å². The monoisotopic (exact) mass is 252 g/mol. The molecule has 0 bridgehead atoms. The Morgan fingerprint density at radius 3 is 2.71 bits per heavy atom. The van der Waals surface area contributed by atoms with Gasteiger partial charge in [0.05, 0.1) is 0 Å². The molecule has 1 aromatic rings. The Balaban J connectivity index is 2.37. The summed E-state index contributed by atoms with van der Waals surface area (Å²) in [6.07, 6.45) is 4.03. The number of hydrogen-bond donors (Lipinski definition) is 2. The molecule has 1 rings (SSSR count). The molecule has 1 atom stereocenters. The molecule has 0 spiro atoms. The van der Waals surface area contributed by atoms with Crippen LogP contribution in [0.4, 0.5) is 0 Å². The van der Waals surface area contributed by atoms with Gasteiger partial charge in [0.1, 0.15) is 0 Å². The summed E-state index contributed by atoms with van der Waals surface area (Å²) in [5, 5.41) is 3.45. The number of carbonyl (C=O) groups is 1. The highest BCUT2D eigenvalue weighted by Crippen LogP contribution is 2.10. The summed E-state index contributed by atoms with van der Waals surface area (Å²) in [7, 11) is 0. The van der Waals surface area contributed by atoms with Crippen molar-refractivity contribution in [2.75, 3.05) is 6.54 Å². The molecule has 1 unspecified atom stereocenters. The molecule has 17 heavy (non-hydrogen) atoms. The van der Waals surface area contributed by atoms with Gasteiger partial charge in [-0.2, -0.15) is 0 Å². The quantitative estimate of drug-likeness (QED) is 0.790. The van der Waals surface area contributed by atoms with E-state index in [1.165, 1.54) is 6.08 Å². The summed E-state index contributed by atoms with van der Waals surface area (Å²) in [4.78, 5) is 11.4. The van der Waals surface area contributed by atoms with Gasteiger partial charge in [0.15, 0.2) is 0 Å². The number of hydrogen-bond acceptors (Lipinski definition) is 2. The summed E-state index contributed by atoms with van der Waals surface area (Å²) in [6, 6.07) is 7.39. The van der Waals surface area contributed by atoms with Crippen molar-refractivity contribution in [2.24, 2.45) is 5.73 Å². The molecule has 0 heterocycles. The fourth-order valence-electron chi connectivity index (χ4n) is 1.23. The Kier molecular flexibility index (Phi) is 5.73. The van der Waals surface area contributed by atoms with Gasteiger partial charge >= 0.3 is 0 Å². The van der Waals surface area contributed by atoms with E-state index in [9.17, 15) is 4.79 Å². The highest BCUT2D eigenvalue weighted by Gasteiger charge is 1.97. The molecule has 1 amide bonds. The number of benzene rings is 1. The minimum absolute atomic E-state index is 0.107. The fourth-order valence-corrected chi connectivity index (χ4v) is 1.35. The van der Waals surface area contributed by atoms with Crippen molar-refractivity contribution >= 4 is 23.6 Å². The zero-order valence-electron chi connectivity index (χ0n) is 9.82. The van der Waals surface area contributed by atoms with Crippen molar-refractivity contribution in [1.29, 1.82) is 0 Å². The van der Waals surface area contributed by atoms with Gasteiger partial charge in [-0.3, -0.25) is 4.79 Å². The normalized spacial score (nSPS) is 12.6. The zero-order chi connectivity index (χ0) is 12.7. The Bertz CT molecular complexity index is 385. The Labute approximate surface area is 107 Å². The third kappa shape index (κ3) is 6.09. The molecule has 1 aromatic carbocycles. The second-order valence-corrected chi connectivity index (χ2v) is 4.38. The van der Waals surface area contributed by atoms with Crippen LogP contribution < -0.4 is 11.1 Å². The molecule has 0 fully saturated rings. The van der Waals surface area contributed by atoms with Gasteiger partial charge < -0.3 is 11.1 Å². The van der Waals surface area contributed by atoms with Crippen molar-refractivity contribution in [3.05, 3.63) is 40.9 Å². The molecule has 0 aromatic heterocycles. The van der Waals surface area contributed by atoms with Gasteiger partial charge in [0.2, 0.25) is 5.91 Å². The van der Waals surface area contributed by atoms with Crippen molar-refractivity contribution in [1.82, 2.24) is 5.32 Å². The van der Waals surface area contributed by atoms with Crippen LogP contribution in [0.15, 0.2) is 30.3 Å². The molecule has 4 heteroatoms. The van der Waals surface area contributed by atoms with E-state index in [1.54, 1.807) is 18.2 Å². The van der Waals surface area contributed by atoms with E-state index < -0.39 is 0 Å². The minimum atomic E-state index is -0.111. The number of nitrogens with two attached hydrogens (primary N) is 1. The molecular formula is C13H17ClN2O. The Morgan fingerprint density at radius 1 is 1.47 bits per heavy atom. The second kappa shape index (κ2) is 7.09. The lowest BCUT2D eigenvalue weighted by Gasteiger charge is -2.04. The molecule has 0 radical (unpaired) electrons. The maximum absolute atomic E-state index is 11.4. The lowest BCUT2D eigenvalue weighted by molar-refractivity contribution is -0.116. The van der Waals surface area contributed by atoms with E-state index in [-0.39, 0.29) is 11.9 Å². The van der Waals surface area contributed by atoms with Crippen LogP contribution in [0.3, 0.4) is 0 Å². The van der Waals surface area contributed by atoms with E-state index in [0.29, 0.717) is 11.6 Å². The number of carbonyl (C=O) groups excluding carboxylic acids is 1. The summed E-state index contributed by atoms with van der Waals surface area (Å²) < 4.78 is 0. The second-order valence-electron chi connectivity index (χ2n) is 3.94. The average Bonchev–Trinajstić information content (AvgIpc) is 2.28. The van der Waals surface area contributed by atoms with Gasteiger partial charge in [-0.25, -0.2) is 0 Å². The number of rotatable bonds is 5. The van der Waals surface area contributed by atoms with E-state index in [1.807, 2.05) is 19.1 Å². The van der Waals surface area contributed by atoms with Crippen molar-refractivity contribution in [3.63, 3.8) is 0 Å². The number of amides is 1. The van der Waals surface area contributed by atoms with E-state index in [0.717, 1.165) is 12.0 Å². The molecule has 0 aliphatic rings. The summed E-state index contributed by atoms with van der Waals surface area (Å²) in [6.45, 7) is 2.51. The van der Waals surface area contributed by atoms with Gasteiger partial charge in [-0.1, -0.05) is 23.7 Å². The molecule has 3 N–H and O–H groups in total. The van der Waals surface area contributed by atoms with Crippen LogP contribution in [0.25, 0.3) is 6.08 Å². The van der Waals surface area contributed by atoms with Gasteiger partial charge in [-0.15, -0.1) is 0 Å². The summed E-state index contributed by atoms with van der Waals surface area (Å²) in [5.74, 6) is -0.111. The predicted octanol–water partition coefficient (Wildman–Crippen LogP) is 2.21. The van der Waals surface area contributed by atoms with Crippen molar-refractivity contribution in [3.8, 4) is 0 Å². The Hall–Kier alpha value is -1.32. The van der Waals surface area contributed by atoms with Crippen LogP contribution >= 0.6 is 11.6 Å². The van der Waals surface area contributed by atoms with Crippen LogP contribution in [0, 0.1) is 0 Å². The zero-order valence-corrected chi connectivity index (χ0v) is 10.6. The lowest BCUT2D eigenvalue weighted by atomic mass is 10.2. The van der Waals surface area contributed by atoms with E-state index in [2.05, 4.69) is 5.32 Å². The Morgan fingerprint density at radius 2 is 2.12 bits per heavy atom. The molecule has 3 nitrogen and oxygen atoms in total. The van der Waals surface area contributed by atoms with Crippen LogP contribution in [0.2, 0.25) is 5.02 Å². The number of nitrogens with one attached hydrogen (secondary N) is 1. The molecular weight excluding hydrogens is 236 g/mol. The molecule has 0 aliphatic carbocycles. The largest absolute Gasteiger partial charge is 0.352 e. The van der Waals surface area contributed by atoms with Gasteiger partial charge in [0.25, 0.3) is 0 Å². The van der Waals surface area contributed by atoms with Crippen molar-refractivity contribution < 1.29 is 4.79 Å². The smallest absolute Gasteiger partial charge is 0.243 e. The highest BCUT2D eigenvalue weighted by molar-refractivity contribution is 6.30. The van der Waals surface area contributed by atoms with Crippen LogP contribution in [0.5, 0.6) is 0 Å². The first-order valence-corrected chi connectivity index (χ1v) is 5.93. The highest BCUT2D eigenvalue weighted by atomic mass is 35.5. The van der Waals surface area contributed by atoms with Crippen LogP contribution in [-0.4, -0.2) is 18.5 Å². The molecule has 92 valence electrons. The molecule has 0 saturated carbocycles. The van der Waals surface area contributed by atoms with E-state index >= 15 is 0 Å². The number of halogens is 1.